The Balaban J connectivity index is 1.81. The predicted octanol–water partition coefficient (Wildman–Crippen LogP) is 4.85. The SMILES string of the molecule is Fc1ccc(CC(Cl)C2(c3ccccc3)CC2)c(F)c1. The van der Waals surface area contributed by atoms with Gasteiger partial charge in [0.1, 0.15) is 11.6 Å². The molecule has 0 heterocycles. The van der Waals surface area contributed by atoms with Crippen molar-refractivity contribution in [2.75, 3.05) is 0 Å². The van der Waals surface area contributed by atoms with E-state index in [0.29, 0.717) is 12.0 Å². The minimum atomic E-state index is -0.554. The molecule has 1 fully saturated rings. The zero-order valence-electron chi connectivity index (χ0n) is 11.0. The van der Waals surface area contributed by atoms with Gasteiger partial charge >= 0.3 is 0 Å². The summed E-state index contributed by atoms with van der Waals surface area (Å²) in [6.45, 7) is 0. The van der Waals surface area contributed by atoms with Gasteiger partial charge in [-0.2, -0.15) is 0 Å². The third-order valence-electron chi connectivity index (χ3n) is 4.15. The van der Waals surface area contributed by atoms with E-state index in [1.807, 2.05) is 18.2 Å². The second kappa shape index (κ2) is 5.17. The second-order valence-corrected chi connectivity index (χ2v) is 5.96. The van der Waals surface area contributed by atoms with Crippen LogP contribution in [-0.2, 0) is 11.8 Å². The van der Waals surface area contributed by atoms with Crippen molar-refractivity contribution in [1.29, 1.82) is 0 Å². The number of hydrogen-bond acceptors (Lipinski definition) is 0. The maximum atomic E-state index is 13.7. The highest BCUT2D eigenvalue weighted by molar-refractivity contribution is 6.22. The molecule has 0 saturated heterocycles. The molecule has 1 atom stereocenters. The maximum absolute atomic E-state index is 13.7. The Labute approximate surface area is 122 Å². The fourth-order valence-electron chi connectivity index (χ4n) is 2.76. The summed E-state index contributed by atoms with van der Waals surface area (Å²) in [4.78, 5) is 0. The van der Waals surface area contributed by atoms with E-state index in [2.05, 4.69) is 12.1 Å². The fraction of sp³-hybridized carbons (Fsp3) is 0.294. The zero-order valence-corrected chi connectivity index (χ0v) is 11.7. The predicted molar refractivity (Wildman–Crippen MR) is 77.1 cm³/mol. The van der Waals surface area contributed by atoms with Gasteiger partial charge in [-0.3, -0.25) is 0 Å². The van der Waals surface area contributed by atoms with E-state index in [0.717, 1.165) is 18.9 Å². The number of hydrogen-bond donors (Lipinski definition) is 0. The minimum absolute atomic E-state index is 0.0519. The first-order chi connectivity index (χ1) is 9.62. The van der Waals surface area contributed by atoms with Crippen molar-refractivity contribution >= 4 is 11.6 Å². The standard InChI is InChI=1S/C17H15ClF2/c18-16(10-12-6-7-14(19)11-15(12)20)17(8-9-17)13-4-2-1-3-5-13/h1-7,11,16H,8-10H2. The molecule has 1 unspecified atom stereocenters. The number of halogens is 3. The van der Waals surface area contributed by atoms with Crippen molar-refractivity contribution in [2.24, 2.45) is 0 Å². The summed E-state index contributed by atoms with van der Waals surface area (Å²) < 4.78 is 26.6. The first-order valence-electron chi connectivity index (χ1n) is 6.75. The Morgan fingerprint density at radius 1 is 1.05 bits per heavy atom. The molecule has 3 heteroatoms. The van der Waals surface area contributed by atoms with Crippen molar-refractivity contribution in [2.45, 2.75) is 30.1 Å². The average Bonchev–Trinajstić information content (AvgIpc) is 3.24. The minimum Gasteiger partial charge on any atom is -0.207 e. The molecule has 1 saturated carbocycles. The molecule has 2 aromatic carbocycles. The molecule has 20 heavy (non-hydrogen) atoms. The summed E-state index contributed by atoms with van der Waals surface area (Å²) in [5.41, 5.74) is 1.64. The largest absolute Gasteiger partial charge is 0.207 e. The Bertz CT molecular complexity index is 606. The third kappa shape index (κ3) is 2.45. The molecule has 3 rings (SSSR count). The Morgan fingerprint density at radius 2 is 1.75 bits per heavy atom. The van der Waals surface area contributed by atoms with E-state index < -0.39 is 11.6 Å². The second-order valence-electron chi connectivity index (χ2n) is 5.43. The van der Waals surface area contributed by atoms with Crippen LogP contribution >= 0.6 is 11.6 Å². The molecule has 0 spiro atoms. The van der Waals surface area contributed by atoms with Gasteiger partial charge in [-0.1, -0.05) is 36.4 Å². The van der Waals surface area contributed by atoms with Crippen LogP contribution < -0.4 is 0 Å². The molecule has 1 aliphatic carbocycles. The van der Waals surface area contributed by atoms with Crippen molar-refractivity contribution in [1.82, 2.24) is 0 Å². The smallest absolute Gasteiger partial charge is 0.129 e. The van der Waals surface area contributed by atoms with Gasteiger partial charge in [0.15, 0.2) is 0 Å². The highest BCUT2D eigenvalue weighted by Gasteiger charge is 2.49. The van der Waals surface area contributed by atoms with Crippen LogP contribution in [0.3, 0.4) is 0 Å². The maximum Gasteiger partial charge on any atom is 0.129 e. The lowest BCUT2D eigenvalue weighted by molar-refractivity contribution is 0.557. The van der Waals surface area contributed by atoms with E-state index >= 15 is 0 Å². The number of rotatable bonds is 4. The van der Waals surface area contributed by atoms with E-state index in [1.54, 1.807) is 0 Å². The van der Waals surface area contributed by atoms with E-state index in [9.17, 15) is 8.78 Å². The molecule has 0 bridgehead atoms. The van der Waals surface area contributed by atoms with Gasteiger partial charge in [0, 0.05) is 16.9 Å². The molecule has 0 nitrogen and oxygen atoms in total. The normalized spacial score (nSPS) is 17.8. The van der Waals surface area contributed by atoms with Gasteiger partial charge < -0.3 is 0 Å². The summed E-state index contributed by atoms with van der Waals surface area (Å²) in [7, 11) is 0. The van der Waals surface area contributed by atoms with E-state index in [-0.39, 0.29) is 10.8 Å². The van der Waals surface area contributed by atoms with Crippen LogP contribution in [0.4, 0.5) is 8.78 Å². The summed E-state index contributed by atoms with van der Waals surface area (Å²) in [6, 6.07) is 13.8. The van der Waals surface area contributed by atoms with Crippen molar-refractivity contribution in [3.8, 4) is 0 Å². The molecular weight excluding hydrogens is 278 g/mol. The highest BCUT2D eigenvalue weighted by Crippen LogP contribution is 2.53. The Morgan fingerprint density at radius 3 is 2.35 bits per heavy atom. The van der Waals surface area contributed by atoms with Crippen LogP contribution in [0.1, 0.15) is 24.0 Å². The first-order valence-corrected chi connectivity index (χ1v) is 7.19. The topological polar surface area (TPSA) is 0 Å². The molecule has 0 aromatic heterocycles. The van der Waals surface area contributed by atoms with E-state index in [1.165, 1.54) is 17.7 Å². The summed E-state index contributed by atoms with van der Waals surface area (Å²) >= 11 is 6.56. The summed E-state index contributed by atoms with van der Waals surface area (Å²) in [5.74, 6) is -1.07. The molecule has 104 valence electrons. The van der Waals surface area contributed by atoms with Gasteiger partial charge in [0.2, 0.25) is 0 Å². The van der Waals surface area contributed by atoms with Gasteiger partial charge in [0.25, 0.3) is 0 Å². The average molecular weight is 293 g/mol. The fourth-order valence-corrected chi connectivity index (χ4v) is 3.27. The zero-order chi connectivity index (χ0) is 14.2. The van der Waals surface area contributed by atoms with Crippen LogP contribution in [0.2, 0.25) is 0 Å². The number of benzene rings is 2. The number of alkyl halides is 1. The van der Waals surface area contributed by atoms with Crippen molar-refractivity contribution in [3.05, 3.63) is 71.3 Å². The lowest BCUT2D eigenvalue weighted by Crippen LogP contribution is -2.23. The quantitative estimate of drug-likeness (QED) is 0.707. The molecule has 0 amide bonds. The molecule has 0 aliphatic heterocycles. The van der Waals surface area contributed by atoms with Crippen LogP contribution in [0.25, 0.3) is 0 Å². The first kappa shape index (κ1) is 13.6. The van der Waals surface area contributed by atoms with Gasteiger partial charge in [-0.15, -0.1) is 11.6 Å². The van der Waals surface area contributed by atoms with E-state index in [4.69, 9.17) is 11.6 Å². The lowest BCUT2D eigenvalue weighted by Gasteiger charge is -2.22. The highest BCUT2D eigenvalue weighted by atomic mass is 35.5. The molecule has 0 N–H and O–H groups in total. The molecule has 1 aliphatic rings. The molecule has 2 aromatic rings. The van der Waals surface area contributed by atoms with Crippen molar-refractivity contribution < 1.29 is 8.78 Å². The van der Waals surface area contributed by atoms with Crippen LogP contribution in [0.5, 0.6) is 0 Å². The van der Waals surface area contributed by atoms with Crippen LogP contribution in [0, 0.1) is 11.6 Å². The van der Waals surface area contributed by atoms with Crippen molar-refractivity contribution in [3.63, 3.8) is 0 Å². The monoisotopic (exact) mass is 292 g/mol. The van der Waals surface area contributed by atoms with Gasteiger partial charge in [-0.05, 0) is 36.5 Å². The molecule has 0 radical (unpaired) electrons. The Hall–Kier alpha value is -1.41. The van der Waals surface area contributed by atoms with Crippen LogP contribution in [-0.4, -0.2) is 5.38 Å². The van der Waals surface area contributed by atoms with Gasteiger partial charge in [0.05, 0.1) is 0 Å². The van der Waals surface area contributed by atoms with Crippen LogP contribution in [0.15, 0.2) is 48.5 Å². The third-order valence-corrected chi connectivity index (χ3v) is 4.72. The molecular formula is C17H15ClF2. The summed E-state index contributed by atoms with van der Waals surface area (Å²) in [6.07, 6.45) is 2.46. The lowest BCUT2D eigenvalue weighted by atomic mass is 9.88. The Kier molecular flexibility index (Phi) is 3.51. The van der Waals surface area contributed by atoms with Gasteiger partial charge in [-0.25, -0.2) is 8.78 Å². The summed E-state index contributed by atoms with van der Waals surface area (Å²) in [5, 5.41) is -0.176.